The first-order valence-corrected chi connectivity index (χ1v) is 8.62. The van der Waals surface area contributed by atoms with Gasteiger partial charge in [-0.25, -0.2) is 0 Å². The minimum Gasteiger partial charge on any atom is -0.314 e. The van der Waals surface area contributed by atoms with Gasteiger partial charge in [-0.15, -0.1) is 11.3 Å². The van der Waals surface area contributed by atoms with E-state index in [0.29, 0.717) is 6.04 Å². The Hall–Kier alpha value is -0.340. The van der Waals surface area contributed by atoms with Crippen LogP contribution in [0.4, 0.5) is 0 Å². The van der Waals surface area contributed by atoms with E-state index in [4.69, 9.17) is 0 Å². The monoisotopic (exact) mass is 279 g/mol. The highest BCUT2D eigenvalue weighted by Gasteiger charge is 2.40. The molecule has 0 bridgehead atoms. The Kier molecular flexibility index (Phi) is 4.73. The van der Waals surface area contributed by atoms with Crippen LogP contribution in [0.3, 0.4) is 0 Å². The number of nitrogens with one attached hydrogen (secondary N) is 1. The molecule has 1 aromatic heterocycles. The summed E-state index contributed by atoms with van der Waals surface area (Å²) in [7, 11) is 0. The number of thiophene rings is 1. The smallest absolute Gasteiger partial charge is 0.0106 e. The van der Waals surface area contributed by atoms with Gasteiger partial charge in [0.1, 0.15) is 0 Å². The second-order valence-electron chi connectivity index (χ2n) is 6.80. The minimum atomic E-state index is 0.289. The highest BCUT2D eigenvalue weighted by Crippen LogP contribution is 2.44. The molecule has 1 heterocycles. The van der Waals surface area contributed by atoms with Crippen molar-refractivity contribution in [2.75, 3.05) is 6.54 Å². The van der Waals surface area contributed by atoms with Gasteiger partial charge in [-0.3, -0.25) is 0 Å². The molecule has 0 aliphatic heterocycles. The highest BCUT2D eigenvalue weighted by atomic mass is 32.1. The Morgan fingerprint density at radius 1 is 1.37 bits per heavy atom. The van der Waals surface area contributed by atoms with Crippen LogP contribution in [0.1, 0.15) is 57.4 Å². The van der Waals surface area contributed by atoms with Crippen molar-refractivity contribution in [3.8, 4) is 0 Å². The zero-order valence-corrected chi connectivity index (χ0v) is 13.9. The SMILES string of the molecule is CCNC1CC(C)CCC1C(C)(C)c1ccsc1C. The molecular formula is C17H29NS. The normalized spacial score (nSPS) is 28.6. The lowest BCUT2D eigenvalue weighted by molar-refractivity contribution is 0.147. The average molecular weight is 279 g/mol. The molecule has 3 unspecified atom stereocenters. The van der Waals surface area contributed by atoms with Crippen LogP contribution >= 0.6 is 11.3 Å². The third kappa shape index (κ3) is 3.05. The fraction of sp³-hybridized carbons (Fsp3) is 0.765. The lowest BCUT2D eigenvalue weighted by Gasteiger charge is -2.45. The summed E-state index contributed by atoms with van der Waals surface area (Å²) in [5, 5.41) is 6.01. The van der Waals surface area contributed by atoms with E-state index in [1.165, 1.54) is 24.1 Å². The van der Waals surface area contributed by atoms with E-state index in [1.54, 1.807) is 5.56 Å². The first kappa shape index (κ1) is 15.1. The standard InChI is InChI=1S/C17H29NS/c1-6-18-16-11-12(2)7-8-15(16)17(4,5)14-9-10-19-13(14)3/h9-10,12,15-16,18H,6-8,11H2,1-5H3. The van der Waals surface area contributed by atoms with Crippen molar-refractivity contribution in [1.82, 2.24) is 5.32 Å². The van der Waals surface area contributed by atoms with Gasteiger partial charge in [0.25, 0.3) is 0 Å². The summed E-state index contributed by atoms with van der Waals surface area (Å²) in [5.74, 6) is 1.64. The number of aryl methyl sites for hydroxylation is 1. The second kappa shape index (κ2) is 5.97. The van der Waals surface area contributed by atoms with E-state index >= 15 is 0 Å². The van der Waals surface area contributed by atoms with Crippen LogP contribution in [0.5, 0.6) is 0 Å². The summed E-state index contributed by atoms with van der Waals surface area (Å²) >= 11 is 1.89. The van der Waals surface area contributed by atoms with Gasteiger partial charge in [-0.1, -0.05) is 34.1 Å². The molecule has 2 rings (SSSR count). The van der Waals surface area contributed by atoms with Crippen LogP contribution < -0.4 is 5.32 Å². The molecule has 1 saturated carbocycles. The molecule has 108 valence electrons. The fourth-order valence-electron chi connectivity index (χ4n) is 3.99. The zero-order chi connectivity index (χ0) is 14.0. The van der Waals surface area contributed by atoms with Gasteiger partial charge in [0, 0.05) is 10.9 Å². The topological polar surface area (TPSA) is 12.0 Å². The lowest BCUT2D eigenvalue weighted by atomic mass is 9.63. The summed E-state index contributed by atoms with van der Waals surface area (Å²) < 4.78 is 0. The summed E-state index contributed by atoms with van der Waals surface area (Å²) in [6, 6.07) is 3.03. The molecule has 0 amide bonds. The summed E-state index contributed by atoms with van der Waals surface area (Å²) in [4.78, 5) is 1.50. The molecule has 1 nitrogen and oxygen atoms in total. The lowest BCUT2D eigenvalue weighted by Crippen LogP contribution is -2.48. The molecular weight excluding hydrogens is 250 g/mol. The molecule has 1 fully saturated rings. The maximum Gasteiger partial charge on any atom is 0.0106 e. The molecule has 1 aromatic rings. The Morgan fingerprint density at radius 2 is 2.11 bits per heavy atom. The van der Waals surface area contributed by atoms with Crippen molar-refractivity contribution in [3.63, 3.8) is 0 Å². The number of rotatable bonds is 4. The average Bonchev–Trinajstić information content (AvgIpc) is 2.76. The summed E-state index contributed by atoms with van der Waals surface area (Å²) in [6.45, 7) is 12.9. The molecule has 3 atom stereocenters. The van der Waals surface area contributed by atoms with Gasteiger partial charge in [0.2, 0.25) is 0 Å². The van der Waals surface area contributed by atoms with Crippen molar-refractivity contribution >= 4 is 11.3 Å². The van der Waals surface area contributed by atoms with Gasteiger partial charge >= 0.3 is 0 Å². The first-order chi connectivity index (χ1) is 8.96. The van der Waals surface area contributed by atoms with Crippen LogP contribution in [-0.4, -0.2) is 12.6 Å². The maximum atomic E-state index is 3.76. The van der Waals surface area contributed by atoms with E-state index in [0.717, 1.165) is 18.4 Å². The third-order valence-electron chi connectivity index (χ3n) is 5.06. The van der Waals surface area contributed by atoms with Crippen LogP contribution in [0.25, 0.3) is 0 Å². The third-order valence-corrected chi connectivity index (χ3v) is 5.90. The van der Waals surface area contributed by atoms with Crippen molar-refractivity contribution in [2.24, 2.45) is 11.8 Å². The molecule has 1 aliphatic rings. The highest BCUT2D eigenvalue weighted by molar-refractivity contribution is 7.10. The van der Waals surface area contributed by atoms with E-state index < -0.39 is 0 Å². The van der Waals surface area contributed by atoms with Gasteiger partial charge in [0.15, 0.2) is 0 Å². The quantitative estimate of drug-likeness (QED) is 0.839. The van der Waals surface area contributed by atoms with Crippen molar-refractivity contribution in [2.45, 2.75) is 65.3 Å². The predicted octanol–water partition coefficient (Wildman–Crippen LogP) is 4.75. The molecule has 0 radical (unpaired) electrons. The molecule has 1 N–H and O–H groups in total. The van der Waals surface area contributed by atoms with E-state index in [1.807, 2.05) is 11.3 Å². The molecule has 2 heteroatoms. The first-order valence-electron chi connectivity index (χ1n) is 7.74. The van der Waals surface area contributed by atoms with Crippen molar-refractivity contribution in [1.29, 1.82) is 0 Å². The fourth-order valence-corrected chi connectivity index (χ4v) is 4.85. The summed E-state index contributed by atoms with van der Waals surface area (Å²) in [6.07, 6.45) is 4.09. The Bertz CT molecular complexity index is 407. The van der Waals surface area contributed by atoms with Crippen molar-refractivity contribution in [3.05, 3.63) is 21.9 Å². The molecule has 19 heavy (non-hydrogen) atoms. The maximum absolute atomic E-state index is 3.76. The minimum absolute atomic E-state index is 0.289. The largest absolute Gasteiger partial charge is 0.314 e. The van der Waals surface area contributed by atoms with E-state index in [-0.39, 0.29) is 5.41 Å². The van der Waals surface area contributed by atoms with Gasteiger partial charge in [0.05, 0.1) is 0 Å². The molecule has 0 aromatic carbocycles. The molecule has 0 spiro atoms. The Labute approximate surface area is 122 Å². The van der Waals surface area contributed by atoms with Gasteiger partial charge in [-0.05, 0) is 60.6 Å². The van der Waals surface area contributed by atoms with Crippen LogP contribution in [0, 0.1) is 18.8 Å². The van der Waals surface area contributed by atoms with Crippen LogP contribution in [-0.2, 0) is 5.41 Å². The molecule has 1 aliphatic carbocycles. The van der Waals surface area contributed by atoms with E-state index in [9.17, 15) is 0 Å². The summed E-state index contributed by atoms with van der Waals surface area (Å²) in [5.41, 5.74) is 1.86. The predicted molar refractivity (Wildman–Crippen MR) is 86.1 cm³/mol. The van der Waals surface area contributed by atoms with Crippen molar-refractivity contribution < 1.29 is 0 Å². The zero-order valence-electron chi connectivity index (χ0n) is 13.1. The van der Waals surface area contributed by atoms with Crippen LogP contribution in [0.2, 0.25) is 0 Å². The second-order valence-corrected chi connectivity index (χ2v) is 7.92. The molecule has 0 saturated heterocycles. The van der Waals surface area contributed by atoms with E-state index in [2.05, 4.69) is 51.4 Å². The number of hydrogen-bond acceptors (Lipinski definition) is 2. The Balaban J connectivity index is 2.24. The van der Waals surface area contributed by atoms with Crippen LogP contribution in [0.15, 0.2) is 11.4 Å². The number of hydrogen-bond donors (Lipinski definition) is 1. The van der Waals surface area contributed by atoms with Gasteiger partial charge < -0.3 is 5.32 Å². The van der Waals surface area contributed by atoms with Gasteiger partial charge in [-0.2, -0.15) is 0 Å². The Morgan fingerprint density at radius 3 is 2.68 bits per heavy atom.